The van der Waals surface area contributed by atoms with Crippen molar-refractivity contribution in [2.75, 3.05) is 13.2 Å². The standard InChI is InChI=1S/C17H18FN3O5/c1-21-8-12(16(23)20-17(21)24)15(22)19-13-9-25-6-5-14(13)26-11-4-2-3-10(18)7-11/h2-4,7-8,13-14H,5-6,9H2,1H3,(H,19,22)(H,20,23,24)/t13-,14+/m1/s1. The quantitative estimate of drug-likeness (QED) is 0.807. The normalized spacial score (nSPS) is 19.8. The van der Waals surface area contributed by atoms with E-state index in [1.54, 1.807) is 6.07 Å². The molecule has 8 nitrogen and oxygen atoms in total. The van der Waals surface area contributed by atoms with Gasteiger partial charge in [0.05, 0.1) is 19.3 Å². The van der Waals surface area contributed by atoms with Gasteiger partial charge in [-0.15, -0.1) is 0 Å². The Morgan fingerprint density at radius 2 is 2.23 bits per heavy atom. The van der Waals surface area contributed by atoms with Gasteiger partial charge in [0.15, 0.2) is 0 Å². The molecule has 0 spiro atoms. The molecule has 0 aliphatic carbocycles. The molecule has 2 heterocycles. The maximum absolute atomic E-state index is 13.3. The van der Waals surface area contributed by atoms with Crippen LogP contribution >= 0.6 is 0 Å². The van der Waals surface area contributed by atoms with Crippen molar-refractivity contribution in [3.05, 3.63) is 62.7 Å². The molecule has 3 rings (SSSR count). The minimum Gasteiger partial charge on any atom is -0.488 e. The predicted octanol–water partition coefficient (Wildman–Crippen LogP) is 0.179. The number of rotatable bonds is 4. The summed E-state index contributed by atoms with van der Waals surface area (Å²) in [5.41, 5.74) is -1.58. The van der Waals surface area contributed by atoms with E-state index in [9.17, 15) is 18.8 Å². The van der Waals surface area contributed by atoms with Gasteiger partial charge in [0.2, 0.25) is 0 Å². The molecule has 1 aliphatic rings. The number of nitrogens with zero attached hydrogens (tertiary/aromatic N) is 1. The molecule has 1 aliphatic heterocycles. The Morgan fingerprint density at radius 3 is 3.00 bits per heavy atom. The Bertz CT molecular complexity index is 923. The van der Waals surface area contributed by atoms with Crippen molar-refractivity contribution < 1.29 is 18.7 Å². The van der Waals surface area contributed by atoms with Gasteiger partial charge in [-0.05, 0) is 12.1 Å². The molecule has 0 saturated carbocycles. The second-order valence-electron chi connectivity index (χ2n) is 5.97. The summed E-state index contributed by atoms with van der Waals surface area (Å²) in [5.74, 6) is -0.729. The molecule has 0 bridgehead atoms. The average molecular weight is 363 g/mol. The minimum atomic E-state index is -0.773. The summed E-state index contributed by atoms with van der Waals surface area (Å²) in [6.07, 6.45) is 1.22. The molecule has 2 atom stereocenters. The molecule has 138 valence electrons. The molecule has 0 unspecified atom stereocenters. The van der Waals surface area contributed by atoms with E-state index in [1.165, 1.54) is 31.4 Å². The molecule has 2 N–H and O–H groups in total. The van der Waals surface area contributed by atoms with Gasteiger partial charge >= 0.3 is 5.69 Å². The van der Waals surface area contributed by atoms with Gasteiger partial charge in [0.1, 0.15) is 23.2 Å². The van der Waals surface area contributed by atoms with Gasteiger partial charge in [-0.3, -0.25) is 14.6 Å². The fraction of sp³-hybridized carbons (Fsp3) is 0.353. The zero-order valence-electron chi connectivity index (χ0n) is 14.0. The number of ether oxygens (including phenoxy) is 2. The summed E-state index contributed by atoms with van der Waals surface area (Å²) < 4.78 is 25.6. The first kappa shape index (κ1) is 17.9. The smallest absolute Gasteiger partial charge is 0.328 e. The lowest BCUT2D eigenvalue weighted by Crippen LogP contribution is -2.52. The Morgan fingerprint density at radius 1 is 1.42 bits per heavy atom. The van der Waals surface area contributed by atoms with Crippen LogP contribution < -0.4 is 21.3 Å². The fourth-order valence-electron chi connectivity index (χ4n) is 2.68. The highest BCUT2D eigenvalue weighted by Crippen LogP contribution is 2.19. The van der Waals surface area contributed by atoms with Crippen molar-refractivity contribution in [1.29, 1.82) is 0 Å². The van der Waals surface area contributed by atoms with Crippen LogP contribution in [0.15, 0.2) is 40.1 Å². The number of aromatic nitrogens is 2. The number of nitrogens with one attached hydrogen (secondary N) is 2. The first-order valence-corrected chi connectivity index (χ1v) is 8.05. The maximum atomic E-state index is 13.3. The molecule has 1 aromatic heterocycles. The largest absolute Gasteiger partial charge is 0.488 e. The van der Waals surface area contributed by atoms with Crippen LogP contribution in [-0.2, 0) is 11.8 Å². The Hall–Kier alpha value is -2.94. The van der Waals surface area contributed by atoms with Crippen molar-refractivity contribution in [3.8, 4) is 5.75 Å². The highest BCUT2D eigenvalue weighted by Gasteiger charge is 2.30. The molecule has 2 aromatic rings. The van der Waals surface area contributed by atoms with Gasteiger partial charge in [-0.1, -0.05) is 6.07 Å². The third-order valence-corrected chi connectivity index (χ3v) is 4.05. The van der Waals surface area contributed by atoms with Crippen molar-refractivity contribution in [1.82, 2.24) is 14.9 Å². The summed E-state index contributed by atoms with van der Waals surface area (Å²) in [7, 11) is 1.43. The van der Waals surface area contributed by atoms with Crippen LogP contribution in [0.25, 0.3) is 0 Å². The van der Waals surface area contributed by atoms with Gasteiger partial charge in [0, 0.05) is 25.7 Å². The van der Waals surface area contributed by atoms with E-state index in [-0.39, 0.29) is 12.2 Å². The van der Waals surface area contributed by atoms with Crippen LogP contribution in [0.4, 0.5) is 4.39 Å². The van der Waals surface area contributed by atoms with Gasteiger partial charge in [-0.2, -0.15) is 0 Å². The number of aryl methyl sites for hydroxylation is 1. The summed E-state index contributed by atoms with van der Waals surface area (Å²) in [6, 6.07) is 5.18. The van der Waals surface area contributed by atoms with Crippen molar-refractivity contribution in [3.63, 3.8) is 0 Å². The molecule has 1 fully saturated rings. The summed E-state index contributed by atoms with van der Waals surface area (Å²) >= 11 is 0. The molecule has 0 radical (unpaired) electrons. The maximum Gasteiger partial charge on any atom is 0.328 e. The van der Waals surface area contributed by atoms with E-state index in [0.717, 1.165) is 4.57 Å². The van der Waals surface area contributed by atoms with Crippen LogP contribution in [0.3, 0.4) is 0 Å². The number of halogens is 1. The van der Waals surface area contributed by atoms with E-state index >= 15 is 0 Å². The number of hydrogen-bond donors (Lipinski definition) is 2. The van der Waals surface area contributed by atoms with E-state index in [4.69, 9.17) is 9.47 Å². The average Bonchev–Trinajstić information content (AvgIpc) is 2.60. The number of carbonyl (C=O) groups is 1. The number of aromatic amines is 1. The van der Waals surface area contributed by atoms with Crippen LogP contribution in [0.5, 0.6) is 5.75 Å². The van der Waals surface area contributed by atoms with Crippen molar-refractivity contribution >= 4 is 5.91 Å². The topological polar surface area (TPSA) is 102 Å². The zero-order valence-corrected chi connectivity index (χ0v) is 14.0. The number of H-pyrrole nitrogens is 1. The van der Waals surface area contributed by atoms with Crippen LogP contribution in [0.1, 0.15) is 16.8 Å². The number of carbonyl (C=O) groups excluding carboxylic acids is 1. The fourth-order valence-corrected chi connectivity index (χ4v) is 2.68. The highest BCUT2D eigenvalue weighted by atomic mass is 19.1. The molecule has 1 saturated heterocycles. The summed E-state index contributed by atoms with van der Waals surface area (Å²) in [4.78, 5) is 37.7. The van der Waals surface area contributed by atoms with Gasteiger partial charge < -0.3 is 19.4 Å². The summed E-state index contributed by atoms with van der Waals surface area (Å²) in [5, 5.41) is 2.69. The molecule has 26 heavy (non-hydrogen) atoms. The monoisotopic (exact) mass is 363 g/mol. The van der Waals surface area contributed by atoms with E-state index in [0.29, 0.717) is 18.8 Å². The highest BCUT2D eigenvalue weighted by molar-refractivity contribution is 5.93. The number of benzene rings is 1. The lowest BCUT2D eigenvalue weighted by Gasteiger charge is -2.32. The third kappa shape index (κ3) is 3.99. The summed E-state index contributed by atoms with van der Waals surface area (Å²) in [6.45, 7) is 0.627. The lowest BCUT2D eigenvalue weighted by atomic mass is 10.1. The molecular weight excluding hydrogens is 345 g/mol. The minimum absolute atomic E-state index is 0.190. The predicted molar refractivity (Wildman–Crippen MR) is 89.8 cm³/mol. The number of amides is 1. The molecule has 1 aromatic carbocycles. The second kappa shape index (κ2) is 7.52. The first-order chi connectivity index (χ1) is 12.4. The van der Waals surface area contributed by atoms with E-state index in [2.05, 4.69) is 10.3 Å². The van der Waals surface area contributed by atoms with Crippen molar-refractivity contribution in [2.45, 2.75) is 18.6 Å². The number of hydrogen-bond acceptors (Lipinski definition) is 5. The van der Waals surface area contributed by atoms with Crippen LogP contribution in [0.2, 0.25) is 0 Å². The Balaban J connectivity index is 1.76. The Labute approximate surface area is 147 Å². The molecule has 1 amide bonds. The van der Waals surface area contributed by atoms with Gasteiger partial charge in [-0.25, -0.2) is 9.18 Å². The first-order valence-electron chi connectivity index (χ1n) is 8.05. The Kier molecular flexibility index (Phi) is 5.17. The molecular formula is C17H18FN3O5. The van der Waals surface area contributed by atoms with Crippen LogP contribution in [0, 0.1) is 5.82 Å². The second-order valence-corrected chi connectivity index (χ2v) is 5.97. The third-order valence-electron chi connectivity index (χ3n) is 4.05. The SMILES string of the molecule is Cn1cc(C(=O)N[C@@H]2COCC[C@@H]2Oc2cccc(F)c2)c(=O)[nH]c1=O. The van der Waals surface area contributed by atoms with Crippen molar-refractivity contribution in [2.24, 2.45) is 7.05 Å². The molecule has 9 heteroatoms. The van der Waals surface area contributed by atoms with E-state index < -0.39 is 35.1 Å². The lowest BCUT2D eigenvalue weighted by molar-refractivity contribution is -0.00300. The zero-order chi connectivity index (χ0) is 18.7. The van der Waals surface area contributed by atoms with Gasteiger partial charge in [0.25, 0.3) is 11.5 Å². The van der Waals surface area contributed by atoms with Crippen LogP contribution in [-0.4, -0.2) is 40.8 Å². The van der Waals surface area contributed by atoms with E-state index in [1.807, 2.05) is 0 Å².